The van der Waals surface area contributed by atoms with Crippen LogP contribution in [0.4, 0.5) is 10.1 Å². The molecular formula is C25H26FNO3S. The maximum absolute atomic E-state index is 14.1. The van der Waals surface area contributed by atoms with E-state index >= 15 is 0 Å². The van der Waals surface area contributed by atoms with Crippen LogP contribution in [0.1, 0.15) is 29.5 Å². The third-order valence-electron chi connectivity index (χ3n) is 5.84. The lowest BCUT2D eigenvalue weighted by atomic mass is 9.94. The van der Waals surface area contributed by atoms with Crippen molar-refractivity contribution < 1.29 is 17.5 Å². The van der Waals surface area contributed by atoms with Gasteiger partial charge in [0.25, 0.3) is 10.0 Å². The van der Waals surface area contributed by atoms with Crippen molar-refractivity contribution in [1.29, 1.82) is 0 Å². The first-order chi connectivity index (χ1) is 14.9. The Bertz CT molecular complexity index is 1180. The van der Waals surface area contributed by atoms with Gasteiger partial charge in [-0.2, -0.15) is 0 Å². The lowest BCUT2D eigenvalue weighted by molar-refractivity contribution is 0.414. The van der Waals surface area contributed by atoms with E-state index in [4.69, 9.17) is 4.74 Å². The number of ether oxygens (including phenoxy) is 1. The second kappa shape index (κ2) is 8.71. The van der Waals surface area contributed by atoms with Crippen molar-refractivity contribution in [1.82, 2.24) is 0 Å². The molecule has 4 nitrogen and oxygen atoms in total. The van der Waals surface area contributed by atoms with Crippen molar-refractivity contribution in [3.63, 3.8) is 0 Å². The maximum atomic E-state index is 14.1. The maximum Gasteiger partial charge on any atom is 0.264 e. The van der Waals surface area contributed by atoms with E-state index in [0.29, 0.717) is 24.9 Å². The van der Waals surface area contributed by atoms with Gasteiger partial charge in [0.2, 0.25) is 0 Å². The summed E-state index contributed by atoms with van der Waals surface area (Å²) in [4.78, 5) is 0.224. The van der Waals surface area contributed by atoms with Crippen molar-refractivity contribution in [3.05, 3.63) is 89.2 Å². The van der Waals surface area contributed by atoms with Crippen molar-refractivity contribution in [2.75, 3.05) is 11.4 Å². The van der Waals surface area contributed by atoms with Crippen LogP contribution in [0, 0.1) is 12.7 Å². The topological polar surface area (TPSA) is 46.6 Å². The third-order valence-corrected chi connectivity index (χ3v) is 7.72. The summed E-state index contributed by atoms with van der Waals surface area (Å²) in [5.74, 6) is 0.342. The van der Waals surface area contributed by atoms with Gasteiger partial charge >= 0.3 is 0 Å². The highest BCUT2D eigenvalue weighted by molar-refractivity contribution is 7.92. The Balaban J connectivity index is 1.70. The van der Waals surface area contributed by atoms with Gasteiger partial charge in [0, 0.05) is 6.04 Å². The lowest BCUT2D eigenvalue weighted by Crippen LogP contribution is -2.44. The molecule has 3 aromatic rings. The molecule has 0 aromatic heterocycles. The van der Waals surface area contributed by atoms with Crippen molar-refractivity contribution in [2.24, 2.45) is 0 Å². The average Bonchev–Trinajstić information content (AvgIpc) is 2.77. The largest absolute Gasteiger partial charge is 0.497 e. The van der Waals surface area contributed by atoms with E-state index in [1.54, 1.807) is 37.4 Å². The molecule has 0 amide bonds. The fourth-order valence-electron chi connectivity index (χ4n) is 4.16. The molecule has 0 saturated heterocycles. The number of nitrogens with zero attached hydrogens (tertiary/aromatic N) is 1. The molecule has 1 atom stereocenters. The highest BCUT2D eigenvalue weighted by Gasteiger charge is 2.36. The van der Waals surface area contributed by atoms with Crippen LogP contribution in [0.2, 0.25) is 0 Å². The highest BCUT2D eigenvalue weighted by Crippen LogP contribution is 2.37. The van der Waals surface area contributed by atoms with Crippen LogP contribution in [-0.4, -0.2) is 21.6 Å². The SMILES string of the molecule is COc1cccc(CCC2CCc3ccc(F)cc3N2S(=O)(=O)c2ccc(C)cc2)c1. The van der Waals surface area contributed by atoms with Crippen LogP contribution in [0.5, 0.6) is 5.75 Å². The Kier molecular flexibility index (Phi) is 6.01. The summed E-state index contributed by atoms with van der Waals surface area (Å²) in [6, 6.07) is 18.8. The van der Waals surface area contributed by atoms with E-state index < -0.39 is 15.8 Å². The smallest absolute Gasteiger partial charge is 0.264 e. The second-order valence-corrected chi connectivity index (χ2v) is 9.78. The van der Waals surface area contributed by atoms with Crippen LogP contribution in [-0.2, 0) is 22.9 Å². The van der Waals surface area contributed by atoms with Gasteiger partial charge in [0.05, 0.1) is 17.7 Å². The quantitative estimate of drug-likeness (QED) is 0.525. The van der Waals surface area contributed by atoms with Crippen molar-refractivity contribution in [2.45, 2.75) is 43.5 Å². The number of sulfonamides is 1. The first-order valence-corrected chi connectivity index (χ1v) is 11.8. The Labute approximate surface area is 183 Å². The van der Waals surface area contributed by atoms with Gasteiger partial charge in [-0.25, -0.2) is 12.8 Å². The molecule has 0 N–H and O–H groups in total. The molecule has 1 aliphatic heterocycles. The van der Waals surface area contributed by atoms with Crippen molar-refractivity contribution in [3.8, 4) is 5.75 Å². The predicted molar refractivity (Wildman–Crippen MR) is 121 cm³/mol. The normalized spacial score (nSPS) is 16.1. The van der Waals surface area contributed by atoms with Crippen LogP contribution >= 0.6 is 0 Å². The molecule has 0 radical (unpaired) electrons. The van der Waals surface area contributed by atoms with E-state index in [2.05, 4.69) is 0 Å². The molecule has 1 unspecified atom stereocenters. The van der Waals surface area contributed by atoms with Gasteiger partial charge in [-0.1, -0.05) is 35.9 Å². The molecule has 162 valence electrons. The van der Waals surface area contributed by atoms with Gasteiger partial charge in [-0.15, -0.1) is 0 Å². The van der Waals surface area contributed by atoms with Crippen molar-refractivity contribution >= 4 is 15.7 Å². The summed E-state index contributed by atoms with van der Waals surface area (Å²) < 4.78 is 48.2. The molecule has 0 saturated carbocycles. The van der Waals surface area contributed by atoms with E-state index in [1.165, 1.54) is 16.4 Å². The first kappa shape index (κ1) is 21.4. The standard InChI is InChI=1S/C25H26FNO3S/c1-18-6-14-24(15-7-18)31(28,29)27-22(12-8-19-4-3-5-23(16-19)30-2)13-10-20-9-11-21(26)17-25(20)27/h3-7,9,11,14-17,22H,8,10,12-13H2,1-2H3. The predicted octanol–water partition coefficient (Wildman–Crippen LogP) is 5.29. The van der Waals surface area contributed by atoms with Gasteiger partial charge in [0.1, 0.15) is 11.6 Å². The van der Waals surface area contributed by atoms with Crippen LogP contribution in [0.25, 0.3) is 0 Å². The van der Waals surface area contributed by atoms with Crippen LogP contribution in [0.3, 0.4) is 0 Å². The molecule has 0 spiro atoms. The Morgan fingerprint density at radius 2 is 1.84 bits per heavy atom. The Morgan fingerprint density at radius 1 is 1.06 bits per heavy atom. The second-order valence-electron chi connectivity index (χ2n) is 7.97. The van der Waals surface area contributed by atoms with Gasteiger partial charge in [-0.05, 0) is 80.1 Å². The summed E-state index contributed by atoms with van der Waals surface area (Å²) in [6.45, 7) is 1.92. The summed E-state index contributed by atoms with van der Waals surface area (Å²) in [6.07, 6.45) is 2.74. The molecule has 4 rings (SSSR count). The van der Waals surface area contributed by atoms with E-state index in [0.717, 1.165) is 28.9 Å². The monoisotopic (exact) mass is 439 g/mol. The Morgan fingerprint density at radius 3 is 2.58 bits per heavy atom. The number of rotatable bonds is 6. The average molecular weight is 440 g/mol. The molecule has 0 bridgehead atoms. The summed E-state index contributed by atoms with van der Waals surface area (Å²) in [7, 11) is -2.21. The summed E-state index contributed by atoms with van der Waals surface area (Å²) in [5, 5.41) is 0. The summed E-state index contributed by atoms with van der Waals surface area (Å²) >= 11 is 0. The minimum Gasteiger partial charge on any atom is -0.497 e. The minimum atomic E-state index is -3.83. The molecule has 3 aromatic carbocycles. The van der Waals surface area contributed by atoms with Crippen LogP contribution in [0.15, 0.2) is 71.6 Å². The minimum absolute atomic E-state index is 0.224. The highest BCUT2D eigenvalue weighted by atomic mass is 32.2. The third kappa shape index (κ3) is 4.44. The fraction of sp³-hybridized carbons (Fsp3) is 0.280. The molecule has 1 heterocycles. The zero-order valence-corrected chi connectivity index (χ0v) is 18.5. The lowest BCUT2D eigenvalue weighted by Gasteiger charge is -2.38. The van der Waals surface area contributed by atoms with E-state index in [-0.39, 0.29) is 10.9 Å². The number of hydrogen-bond acceptors (Lipinski definition) is 3. The van der Waals surface area contributed by atoms with Gasteiger partial charge in [-0.3, -0.25) is 4.31 Å². The zero-order valence-electron chi connectivity index (χ0n) is 17.7. The molecule has 6 heteroatoms. The number of fused-ring (bicyclic) bond motifs is 1. The number of hydrogen-bond donors (Lipinski definition) is 0. The summed E-state index contributed by atoms with van der Waals surface area (Å²) in [5.41, 5.74) is 3.37. The molecule has 0 fully saturated rings. The fourth-order valence-corrected chi connectivity index (χ4v) is 5.90. The van der Waals surface area contributed by atoms with E-state index in [9.17, 15) is 12.8 Å². The van der Waals surface area contributed by atoms with E-state index in [1.807, 2.05) is 31.2 Å². The number of methoxy groups -OCH3 is 1. The Hall–Kier alpha value is -2.86. The number of halogens is 1. The first-order valence-electron chi connectivity index (χ1n) is 10.4. The number of aryl methyl sites for hydroxylation is 3. The van der Waals surface area contributed by atoms with Gasteiger partial charge in [0.15, 0.2) is 0 Å². The van der Waals surface area contributed by atoms with Gasteiger partial charge < -0.3 is 4.74 Å². The molecule has 31 heavy (non-hydrogen) atoms. The number of anilines is 1. The van der Waals surface area contributed by atoms with Crippen LogP contribution < -0.4 is 9.04 Å². The molecular weight excluding hydrogens is 413 g/mol. The number of benzene rings is 3. The zero-order chi connectivity index (χ0) is 22.0. The molecule has 1 aliphatic rings. The molecule has 0 aliphatic carbocycles.